The van der Waals surface area contributed by atoms with E-state index in [-0.39, 0.29) is 68.1 Å². The van der Waals surface area contributed by atoms with E-state index in [1.54, 1.807) is 12.2 Å². The van der Waals surface area contributed by atoms with Gasteiger partial charge in [-0.3, -0.25) is 4.79 Å². The number of rotatable bonds is 13. The Morgan fingerprint density at radius 3 is 2.38 bits per heavy atom. The van der Waals surface area contributed by atoms with Gasteiger partial charge in [0.2, 0.25) is 11.8 Å². The Kier molecular flexibility index (Phi) is 12.3. The molecule has 1 aliphatic heterocycles. The van der Waals surface area contributed by atoms with Crippen molar-refractivity contribution in [2.75, 3.05) is 51.3 Å². The number of likely N-dealkylation sites (tertiary alicyclic amines) is 1. The summed E-state index contributed by atoms with van der Waals surface area (Å²) < 4.78 is 69.5. The molecule has 0 atom stereocenters. The number of aromatic nitrogens is 3. The minimum Gasteiger partial charge on any atom is -0.508 e. The topological polar surface area (TPSA) is 113 Å². The average Bonchev–Trinajstić information content (AvgIpc) is 3.93. The van der Waals surface area contributed by atoms with E-state index in [0.29, 0.717) is 69.7 Å². The lowest BCUT2D eigenvalue weighted by Gasteiger charge is -2.31. The third-order valence-electron chi connectivity index (χ3n) is 10.4. The molecular formula is C42H46F4N6O4. The largest absolute Gasteiger partial charge is 0.508 e. The average molecular weight is 775 g/mol. The molecule has 14 heteroatoms. The van der Waals surface area contributed by atoms with Crippen LogP contribution >= 0.6 is 0 Å². The fourth-order valence-electron chi connectivity index (χ4n) is 7.26. The van der Waals surface area contributed by atoms with Gasteiger partial charge in [0.1, 0.15) is 46.3 Å². The number of alkyl halides is 2. The zero-order valence-corrected chi connectivity index (χ0v) is 31.6. The number of phenols is 1. The molecule has 2 aromatic heterocycles. The molecule has 3 heterocycles. The fourth-order valence-corrected chi connectivity index (χ4v) is 7.26. The van der Waals surface area contributed by atoms with Gasteiger partial charge in [-0.1, -0.05) is 24.1 Å². The summed E-state index contributed by atoms with van der Waals surface area (Å²) >= 11 is 0. The number of fused-ring (bicyclic) bond motifs is 2. The predicted octanol–water partition coefficient (Wildman–Crippen LogP) is 7.21. The number of aromatic hydroxyl groups is 1. The highest BCUT2D eigenvalue weighted by atomic mass is 19.1. The van der Waals surface area contributed by atoms with E-state index in [1.165, 1.54) is 38.3 Å². The lowest BCUT2D eigenvalue weighted by Crippen LogP contribution is -2.44. The first-order valence-electron chi connectivity index (χ1n) is 18.6. The molecule has 2 N–H and O–H groups in total. The van der Waals surface area contributed by atoms with E-state index in [1.807, 2.05) is 4.90 Å². The second kappa shape index (κ2) is 17.2. The Labute approximate surface area is 323 Å². The predicted molar refractivity (Wildman–Crippen MR) is 208 cm³/mol. The molecule has 1 amide bonds. The van der Waals surface area contributed by atoms with Gasteiger partial charge in [-0.25, -0.2) is 22.5 Å². The van der Waals surface area contributed by atoms with Crippen LogP contribution in [0.25, 0.3) is 32.9 Å². The molecule has 1 saturated heterocycles. The molecule has 0 radical (unpaired) electrons. The van der Waals surface area contributed by atoms with E-state index in [2.05, 4.69) is 39.3 Å². The number of pyridine rings is 1. The van der Waals surface area contributed by atoms with Crippen molar-refractivity contribution in [1.82, 2.24) is 25.2 Å². The van der Waals surface area contributed by atoms with Crippen LogP contribution in [0.4, 0.5) is 23.4 Å². The minimum atomic E-state index is -0.860. The number of halogens is 4. The van der Waals surface area contributed by atoms with Gasteiger partial charge < -0.3 is 29.7 Å². The number of nitrogens with one attached hydrogen (secondary N) is 1. The number of terminal acetylenes is 1. The van der Waals surface area contributed by atoms with Crippen molar-refractivity contribution in [2.45, 2.75) is 63.8 Å². The lowest BCUT2D eigenvalue weighted by molar-refractivity contribution is -0.120. The quantitative estimate of drug-likeness (QED) is 0.0827. The summed E-state index contributed by atoms with van der Waals surface area (Å²) in [6, 6.07) is 5.40. The number of hydrogen-bond acceptors (Lipinski definition) is 9. The van der Waals surface area contributed by atoms with Crippen LogP contribution in [0.1, 0.15) is 51.0 Å². The standard InChI is InChI=1S/C36H36F3N5O3.C6H10FNO/c1-5-14-44(15-6-2)33-29-32(41-35(42-33)47-21-36(12-13-36)20-43-16-10-23(37)11-17-43)30(39)31(40-34(29)46-4)26-19-24(45)18-22-8-9-27(38)25(7-3)28(22)26;1-4(9)8-6-2-5(7)3-6/h3,5-6,8-9,18-19,23,45H,1-2,10-17,20-21H2,4H3;5-6H,2-3H2,1H3,(H,8,9). The number of hydrogen-bond donors (Lipinski definition) is 2. The number of carbonyl (C=O) groups is 1. The second-order valence-corrected chi connectivity index (χ2v) is 14.7. The Morgan fingerprint density at radius 1 is 1.09 bits per heavy atom. The van der Waals surface area contributed by atoms with E-state index in [9.17, 15) is 23.1 Å². The Balaban J connectivity index is 0.000000520. The van der Waals surface area contributed by atoms with E-state index in [0.717, 1.165) is 19.4 Å². The number of anilines is 1. The van der Waals surface area contributed by atoms with E-state index < -0.39 is 24.0 Å². The maximum absolute atomic E-state index is 16.9. The van der Waals surface area contributed by atoms with Gasteiger partial charge in [-0.05, 0) is 62.1 Å². The van der Waals surface area contributed by atoms with Crippen molar-refractivity contribution in [3.63, 3.8) is 0 Å². The monoisotopic (exact) mass is 774 g/mol. The van der Waals surface area contributed by atoms with Crippen LogP contribution in [0.5, 0.6) is 17.6 Å². The van der Waals surface area contributed by atoms with E-state index in [4.69, 9.17) is 20.9 Å². The molecule has 10 nitrogen and oxygen atoms in total. The first-order valence-corrected chi connectivity index (χ1v) is 18.6. The van der Waals surface area contributed by atoms with Crippen molar-refractivity contribution >= 4 is 33.4 Å². The molecule has 0 bridgehead atoms. The minimum absolute atomic E-state index is 0.00107. The van der Waals surface area contributed by atoms with Gasteiger partial charge in [-0.2, -0.15) is 9.97 Å². The summed E-state index contributed by atoms with van der Waals surface area (Å²) in [7, 11) is 1.39. The third kappa shape index (κ3) is 8.83. The van der Waals surface area contributed by atoms with Gasteiger partial charge in [-0.15, -0.1) is 19.6 Å². The van der Waals surface area contributed by atoms with Gasteiger partial charge in [0.05, 0.1) is 19.3 Å². The summed E-state index contributed by atoms with van der Waals surface area (Å²) in [5, 5.41) is 14.0. The van der Waals surface area contributed by atoms with Crippen LogP contribution in [0.15, 0.2) is 49.6 Å². The maximum atomic E-state index is 16.9. The summed E-state index contributed by atoms with van der Waals surface area (Å²) in [6.07, 6.45) is 11.5. The molecule has 0 spiro atoms. The molecule has 4 aromatic rings. The summed E-state index contributed by atoms with van der Waals surface area (Å²) in [4.78, 5) is 28.2. The van der Waals surface area contributed by atoms with Crippen LogP contribution in [0, 0.1) is 29.4 Å². The molecule has 296 valence electrons. The fraction of sp³-hybridized carbons (Fsp3) is 0.429. The highest BCUT2D eigenvalue weighted by molar-refractivity contribution is 6.04. The number of benzene rings is 2. The number of nitrogens with zero attached hydrogens (tertiary/aromatic N) is 5. The molecular weight excluding hydrogens is 728 g/mol. The highest BCUT2D eigenvalue weighted by Gasteiger charge is 2.45. The van der Waals surface area contributed by atoms with Gasteiger partial charge in [0.25, 0.3) is 0 Å². The normalized spacial score (nSPS) is 18.9. The molecule has 2 aliphatic carbocycles. The zero-order chi connectivity index (χ0) is 40.1. The first kappa shape index (κ1) is 40.2. The molecule has 56 heavy (non-hydrogen) atoms. The summed E-state index contributed by atoms with van der Waals surface area (Å²) in [5.41, 5.74) is -0.550. The highest BCUT2D eigenvalue weighted by Crippen LogP contribution is 2.47. The molecule has 0 unspecified atom stereocenters. The number of carbonyl (C=O) groups excluding carboxylic acids is 1. The van der Waals surface area contributed by atoms with Crippen molar-refractivity contribution < 1.29 is 36.9 Å². The van der Waals surface area contributed by atoms with Gasteiger partial charge in [0.15, 0.2) is 5.82 Å². The summed E-state index contributed by atoms with van der Waals surface area (Å²) in [6.45, 7) is 12.3. The van der Waals surface area contributed by atoms with Crippen molar-refractivity contribution in [3.8, 4) is 41.2 Å². The lowest BCUT2D eigenvalue weighted by atomic mass is 9.91. The Morgan fingerprint density at radius 2 is 1.79 bits per heavy atom. The van der Waals surface area contributed by atoms with Crippen LogP contribution in [0.2, 0.25) is 0 Å². The molecule has 3 fully saturated rings. The van der Waals surface area contributed by atoms with Crippen molar-refractivity contribution in [3.05, 3.63) is 66.8 Å². The third-order valence-corrected chi connectivity index (χ3v) is 10.4. The molecule has 7 rings (SSSR count). The number of amides is 1. The first-order chi connectivity index (χ1) is 26.9. The van der Waals surface area contributed by atoms with Crippen LogP contribution < -0.4 is 19.7 Å². The van der Waals surface area contributed by atoms with Crippen LogP contribution in [0.3, 0.4) is 0 Å². The SMILES string of the molecule is C#Cc1c(F)ccc2cc(O)cc(-c3nc(OC)c4c(N(CC=C)CC=C)nc(OCC5(CN6CCC(F)CC6)CC5)nc4c3F)c12.CC(=O)NC1CC(F)C1. The molecule has 3 aliphatic rings. The van der Waals surface area contributed by atoms with E-state index >= 15 is 4.39 Å². The molecule has 2 saturated carbocycles. The van der Waals surface area contributed by atoms with Gasteiger partial charge >= 0.3 is 6.01 Å². The number of methoxy groups -OCH3 is 1. The van der Waals surface area contributed by atoms with Crippen molar-refractivity contribution in [1.29, 1.82) is 0 Å². The number of ether oxygens (including phenoxy) is 2. The number of phenolic OH excluding ortho intramolecular Hbond substituents is 1. The van der Waals surface area contributed by atoms with Crippen molar-refractivity contribution in [2.24, 2.45) is 5.41 Å². The second-order valence-electron chi connectivity index (χ2n) is 14.7. The zero-order valence-electron chi connectivity index (χ0n) is 31.6. The Bertz CT molecular complexity index is 2150. The maximum Gasteiger partial charge on any atom is 0.319 e. The van der Waals surface area contributed by atoms with Gasteiger partial charge in [0, 0.05) is 62.1 Å². The number of piperidine rings is 1. The Hall–Kier alpha value is -5.42. The van der Waals surface area contributed by atoms with Crippen LogP contribution in [-0.4, -0.2) is 95.7 Å². The smallest absolute Gasteiger partial charge is 0.319 e. The van der Waals surface area contributed by atoms with Crippen LogP contribution in [-0.2, 0) is 4.79 Å². The summed E-state index contributed by atoms with van der Waals surface area (Å²) in [5.74, 6) is 0.861. The molecule has 2 aromatic carbocycles.